The Morgan fingerprint density at radius 3 is 1.23 bits per heavy atom. The number of Topliss-reactive ketones (excluding diaryl/α,β-unsaturated/α-hetero) is 4. The molecule has 2 atom stereocenters. The number of carbonyl (C=O) groups is 6. The van der Waals surface area contributed by atoms with Crippen molar-refractivity contribution in [2.45, 2.75) is 264 Å². The van der Waals surface area contributed by atoms with Crippen LogP contribution in [0.1, 0.15) is 301 Å². The summed E-state index contributed by atoms with van der Waals surface area (Å²) < 4.78 is 0. The molecule has 12 aromatic rings. The normalized spacial score (nSPS) is 16.2. The molecule has 0 saturated carbocycles. The number of nitrogens with one attached hydrogen (secondary N) is 1. The van der Waals surface area contributed by atoms with Gasteiger partial charge in [0.05, 0.1) is 38.0 Å². The van der Waals surface area contributed by atoms with Crippen molar-refractivity contribution in [2.75, 3.05) is 28.2 Å². The molecule has 1 N–H and O–H groups in total. The zero-order chi connectivity index (χ0) is 91.7. The number of anilines is 3. The van der Waals surface area contributed by atoms with Gasteiger partial charge >= 0.3 is 0 Å². The maximum atomic E-state index is 15.3. The Balaban J connectivity index is 0.000000170. The van der Waals surface area contributed by atoms with Gasteiger partial charge in [0.25, 0.3) is 11.8 Å². The second-order valence-corrected chi connectivity index (χ2v) is 44.7. The number of fused-ring (bicyclic) bond motifs is 6. The smallest absolute Gasteiger partial charge is 0.259 e. The van der Waals surface area contributed by atoms with E-state index in [-0.39, 0.29) is 34.9 Å². The Bertz CT molecular complexity index is 5780. The van der Waals surface area contributed by atoms with Crippen molar-refractivity contribution in [2.24, 2.45) is 11.8 Å². The summed E-state index contributed by atoms with van der Waals surface area (Å²) in [5, 5.41) is 11.3. The van der Waals surface area contributed by atoms with Gasteiger partial charge in [-0.05, 0) is 227 Å². The summed E-state index contributed by atoms with van der Waals surface area (Å²) in [6, 6.07) is 58.3. The first-order chi connectivity index (χ1) is 64.5. The van der Waals surface area contributed by atoms with Crippen LogP contribution in [0.4, 0.5) is 17.1 Å². The van der Waals surface area contributed by atoms with Crippen molar-refractivity contribution >= 4 is 155 Å². The van der Waals surface area contributed by atoms with E-state index in [0.29, 0.717) is 85.8 Å². The third kappa shape index (κ3) is 22.0. The number of ketones is 4. The van der Waals surface area contributed by atoms with Gasteiger partial charge in [-0.1, -0.05) is 298 Å². The Hall–Kier alpha value is -9.14. The van der Waals surface area contributed by atoms with Crippen molar-refractivity contribution < 1.29 is 28.8 Å². The summed E-state index contributed by atoms with van der Waals surface area (Å²) in [6.45, 7) is 19.4. The SMILES string of the molecule is CCCCCCCCCCCCc1cc(C)sc1-c1sc(-c2ccc3c(c2)N(CC(CC)CCCC)C(=O)/C3=C2/C(=O)N(CC(CC)CCCC)c3cc(C)ccc32)cc1CCCCCCCCCCCC.O=C1/C(=C2\Nc3ccc(-c4cccs4)cc3C2=O)Cc2ccc(-c3cccs3)cc21.O=C1/C(=C2\Sc3ccc(-c4cccs4)cc3C2=O)Sc2ccc(-c3cccs3)cc21. The Labute approximate surface area is 815 Å². The molecular weight excluding hydrogens is 1780 g/mol. The van der Waals surface area contributed by atoms with Crippen molar-refractivity contribution in [1.82, 2.24) is 0 Å². The highest BCUT2D eigenvalue weighted by Crippen LogP contribution is 2.54. The lowest BCUT2D eigenvalue weighted by atomic mass is 9.95. The molecule has 0 saturated heterocycles. The average molecular weight is 1900 g/mol. The van der Waals surface area contributed by atoms with Crippen LogP contribution in [0.2, 0.25) is 0 Å². The van der Waals surface area contributed by atoms with Gasteiger partial charge in [0.2, 0.25) is 17.3 Å². The molecule has 0 radical (unpaired) electrons. The zero-order valence-electron chi connectivity index (χ0n) is 78.1. The number of nitrogens with zero attached hydrogens (tertiary/aromatic N) is 2. The van der Waals surface area contributed by atoms with Crippen LogP contribution in [0.5, 0.6) is 0 Å². The van der Waals surface area contributed by atoms with Crippen molar-refractivity contribution in [1.29, 1.82) is 0 Å². The minimum absolute atomic E-state index is 0.00830. The fraction of sp³-hybridized carbons (Fsp3) is 0.374. The first kappa shape index (κ1) is 96.0. The topological polar surface area (TPSA) is 121 Å². The van der Waals surface area contributed by atoms with E-state index in [1.54, 1.807) is 45.3 Å². The average Bonchev–Trinajstić information content (AvgIpc) is 1.57. The summed E-state index contributed by atoms with van der Waals surface area (Å²) in [4.78, 5) is 100. The highest BCUT2D eigenvalue weighted by molar-refractivity contribution is 8.08. The molecule has 2 amide bonds. The van der Waals surface area contributed by atoms with Crippen LogP contribution in [0, 0.1) is 25.7 Å². The number of unbranched alkanes of at least 4 members (excludes halogenated alkanes) is 20. The molecule has 6 aromatic heterocycles. The van der Waals surface area contributed by atoms with Crippen molar-refractivity contribution in [3.05, 3.63) is 273 Å². The monoisotopic (exact) mass is 1900 g/mol. The van der Waals surface area contributed by atoms with Crippen LogP contribution in [0.25, 0.3) is 73.1 Å². The Morgan fingerprint density at radius 1 is 0.356 bits per heavy atom. The Morgan fingerprint density at radius 2 is 0.765 bits per heavy atom. The number of thiophene rings is 6. The van der Waals surface area contributed by atoms with E-state index in [0.717, 1.165) is 155 Å². The number of thioether (sulfide) groups is 2. The van der Waals surface area contributed by atoms with E-state index in [9.17, 15) is 19.2 Å². The lowest BCUT2D eigenvalue weighted by molar-refractivity contribution is -0.114. The number of carbonyl (C=O) groups excluding carboxylic acids is 6. The summed E-state index contributed by atoms with van der Waals surface area (Å²) >= 11 is 13.4. The molecule has 132 heavy (non-hydrogen) atoms. The molecule has 0 bridgehead atoms. The molecule has 1 aliphatic carbocycles. The van der Waals surface area contributed by atoms with Crippen LogP contribution in [0.3, 0.4) is 0 Å². The zero-order valence-corrected chi connectivity index (χ0v) is 84.6. The van der Waals surface area contributed by atoms with E-state index >= 15 is 9.59 Å². The summed E-state index contributed by atoms with van der Waals surface area (Å²) in [6.07, 6.45) is 38.7. The van der Waals surface area contributed by atoms with Crippen LogP contribution < -0.4 is 15.1 Å². The first-order valence-corrected chi connectivity index (χ1v) is 55.7. The van der Waals surface area contributed by atoms with Gasteiger partial charge in [0.1, 0.15) is 0 Å². The van der Waals surface area contributed by atoms with Crippen LogP contribution in [-0.4, -0.2) is 48.0 Å². The number of hydrogen-bond acceptors (Lipinski definition) is 15. The fourth-order valence-corrected chi connectivity index (χ4v) is 27.0. The van der Waals surface area contributed by atoms with E-state index in [2.05, 4.69) is 138 Å². The van der Waals surface area contributed by atoms with Gasteiger partial charge in [0, 0.05) is 113 Å². The number of rotatable bonds is 40. The van der Waals surface area contributed by atoms with Crippen LogP contribution >= 0.6 is 91.5 Å². The number of hydrogen-bond donors (Lipinski definition) is 1. The van der Waals surface area contributed by atoms with Gasteiger partial charge < -0.3 is 15.1 Å². The molecule has 11 heterocycles. The van der Waals surface area contributed by atoms with Gasteiger partial charge in [-0.15, -0.1) is 68.0 Å². The molecule has 6 aromatic carbocycles. The maximum absolute atomic E-state index is 15.3. The lowest BCUT2D eigenvalue weighted by Gasteiger charge is -2.24. The number of aryl methyl sites for hydroxylation is 4. The molecule has 6 aliphatic rings. The van der Waals surface area contributed by atoms with E-state index < -0.39 is 0 Å². The van der Waals surface area contributed by atoms with Gasteiger partial charge in [-0.25, -0.2) is 0 Å². The van der Waals surface area contributed by atoms with Gasteiger partial charge in [-0.3, -0.25) is 28.8 Å². The van der Waals surface area contributed by atoms with Gasteiger partial charge in [0.15, 0.2) is 5.78 Å². The molecule has 18 rings (SSSR count). The summed E-state index contributed by atoms with van der Waals surface area (Å²) in [5.74, 6) is 0.547. The lowest BCUT2D eigenvalue weighted by Crippen LogP contribution is -2.34. The summed E-state index contributed by atoms with van der Waals surface area (Å²) in [7, 11) is 0. The first-order valence-electron chi connectivity index (χ1n) is 48.9. The third-order valence-corrected chi connectivity index (χ3v) is 35.6. The van der Waals surface area contributed by atoms with E-state index in [1.807, 2.05) is 146 Å². The van der Waals surface area contributed by atoms with Crippen molar-refractivity contribution in [3.8, 4) is 62.0 Å². The quantitative estimate of drug-likeness (QED) is 0.0296. The fourth-order valence-electron chi connectivity index (χ4n) is 19.4. The molecule has 0 fully saturated rings. The predicted octanol–water partition coefficient (Wildman–Crippen LogP) is 34.8. The molecular formula is C115H125N3O6S8. The van der Waals surface area contributed by atoms with Crippen LogP contribution in [-0.2, 0) is 28.9 Å². The molecule has 9 nitrogen and oxygen atoms in total. The highest BCUT2D eigenvalue weighted by atomic mass is 32.2. The van der Waals surface area contributed by atoms with Gasteiger partial charge in [-0.2, -0.15) is 0 Å². The molecule has 5 aliphatic heterocycles. The minimum atomic E-state index is -0.0990. The largest absolute Gasteiger partial charge is 0.351 e. The second kappa shape index (κ2) is 45.9. The van der Waals surface area contributed by atoms with E-state index in [1.165, 1.54) is 188 Å². The number of amides is 2. The Kier molecular flexibility index (Phi) is 33.4. The highest BCUT2D eigenvalue weighted by Gasteiger charge is 2.45. The van der Waals surface area contributed by atoms with Crippen molar-refractivity contribution in [3.63, 3.8) is 0 Å². The number of benzene rings is 6. The predicted molar refractivity (Wildman–Crippen MR) is 568 cm³/mol. The third-order valence-electron chi connectivity index (χ3n) is 27.0. The molecule has 684 valence electrons. The number of allylic oxidation sites excluding steroid dienone is 4. The standard InChI is InChI=1S/C66H98N2O2S2.C25H15NO2S2.C24H12O2S4/c1-9-15-19-21-23-25-27-29-31-33-37-54-44-50(8)71-63(54)64-55(38-34-32-30-28-26-24-22-20-16-10-2)46-60(72-64)53-40-42-57-59(45-53)68(48-52(14-6)36-18-12-4)66(70)62(57)61-56-41-39-49(7)43-58(56)67(65(61)69)47-51(13-5)35-17-11-3;27-24-17-12-15(21-3-1-9-29-21)6-5-14(17)11-19(24)23-25(28)18-13-16(7-8-20(18)26-23)22-4-2-10-30-22;25-21-15-11-13(17-3-1-9-27-17)5-7-19(15)29-23(21)24-22(26)16-12-14(6-8-20(16)30-24)18-4-2-10-28-18/h39-46,51-52H,9-38,47-48H2,1-8H3;1-10,12-13,26H,11H2;1-12H/b62-61+;23-19-;24-23+. The summed E-state index contributed by atoms with van der Waals surface area (Å²) in [5.41, 5.74) is 19.9. The molecule has 2 unspecified atom stereocenters. The second-order valence-electron chi connectivity index (χ2n) is 36.5. The minimum Gasteiger partial charge on any atom is -0.351 e. The molecule has 0 spiro atoms. The maximum Gasteiger partial charge on any atom is 0.259 e. The molecule has 17 heteroatoms. The van der Waals surface area contributed by atoms with E-state index in [4.69, 9.17) is 0 Å². The van der Waals surface area contributed by atoms with Crippen LogP contribution in [0.15, 0.2) is 222 Å².